The first-order valence-corrected chi connectivity index (χ1v) is 14.9. The third-order valence-electron chi connectivity index (χ3n) is 5.92. The van der Waals surface area contributed by atoms with Crippen molar-refractivity contribution in [1.82, 2.24) is 9.80 Å². The van der Waals surface area contributed by atoms with Crippen molar-refractivity contribution in [2.45, 2.75) is 46.0 Å². The average Bonchev–Trinajstić information content (AvgIpc) is 3.20. The molecule has 0 bridgehead atoms. The zero-order valence-corrected chi connectivity index (χ0v) is 23.7. The number of carbonyl (C=O) groups excluding carboxylic acids is 2. The van der Waals surface area contributed by atoms with E-state index in [2.05, 4.69) is 29.4 Å². The van der Waals surface area contributed by atoms with Gasteiger partial charge in [0.1, 0.15) is 0 Å². The molecule has 3 rings (SSSR count). The van der Waals surface area contributed by atoms with Crippen LogP contribution in [-0.4, -0.2) is 80.2 Å². The fourth-order valence-electron chi connectivity index (χ4n) is 3.97. The number of ether oxygens (including phenoxy) is 1. The molecule has 1 N–H and O–H groups in total. The molecule has 0 atom stereocenters. The molecule has 11 heteroatoms. The fraction of sp³-hybridized carbons (Fsp3) is 0.423. The topological polar surface area (TPSA) is 107 Å². The van der Waals surface area contributed by atoms with Gasteiger partial charge in [0.25, 0.3) is 10.1 Å². The molecule has 200 valence electrons. The molecule has 9 nitrogen and oxygen atoms in total. The van der Waals surface area contributed by atoms with Crippen LogP contribution in [0.25, 0.3) is 0 Å². The molecule has 1 aromatic carbocycles. The second-order valence-electron chi connectivity index (χ2n) is 8.73. The summed E-state index contributed by atoms with van der Waals surface area (Å²) in [7, 11) is -4.06. The number of allylic oxidation sites excluding steroid dienone is 4. The van der Waals surface area contributed by atoms with Crippen LogP contribution in [0.5, 0.6) is 5.75 Å². The number of unbranched alkanes of at least 4 members (excludes halogenated alkanes) is 2. The van der Waals surface area contributed by atoms with Gasteiger partial charge < -0.3 is 0 Å². The minimum atomic E-state index is -4.06. The van der Waals surface area contributed by atoms with Crippen molar-refractivity contribution in [3.05, 3.63) is 60.0 Å². The van der Waals surface area contributed by atoms with E-state index < -0.39 is 10.1 Å². The summed E-state index contributed by atoms with van der Waals surface area (Å²) < 4.78 is 37.8. The Morgan fingerprint density at radius 3 is 2.05 bits per heavy atom. The van der Waals surface area contributed by atoms with Crippen LogP contribution in [-0.2, 0) is 19.7 Å². The van der Waals surface area contributed by atoms with Gasteiger partial charge in [0.2, 0.25) is 0 Å². The Balaban J connectivity index is 1.81. The molecule has 2 aliphatic rings. The molecule has 2 heterocycles. The Labute approximate surface area is 226 Å². The number of hydrogen-bond acceptors (Lipinski definition) is 6. The van der Waals surface area contributed by atoms with Gasteiger partial charge in [-0.05, 0) is 0 Å². The first-order valence-electron chi connectivity index (χ1n) is 12.4. The first-order chi connectivity index (χ1) is 17.7. The summed E-state index contributed by atoms with van der Waals surface area (Å²) in [5.74, 6) is 0.0928. The van der Waals surface area contributed by atoms with Crippen molar-refractivity contribution in [3.63, 3.8) is 0 Å². The third-order valence-corrected chi connectivity index (χ3v) is 7.65. The number of carbonyl (C=O) groups is 2. The van der Waals surface area contributed by atoms with Crippen LogP contribution in [0.2, 0.25) is 0 Å². The van der Waals surface area contributed by atoms with E-state index in [-0.39, 0.29) is 29.6 Å². The SMILES string of the molecule is CCCCN1C(=O)C(=C/C=C/C=C2/Oc3ccccc3N2CCCS(=O)(=O)O)C(=O)N(CCCC)C1=[Se]. The van der Waals surface area contributed by atoms with Crippen LogP contribution in [0.4, 0.5) is 5.69 Å². The molecular weight excluding hydrogens is 561 g/mol. The monoisotopic (exact) mass is 595 g/mol. The van der Waals surface area contributed by atoms with Gasteiger partial charge in [-0.1, -0.05) is 12.1 Å². The molecule has 0 spiro atoms. The zero-order valence-electron chi connectivity index (χ0n) is 21.1. The van der Waals surface area contributed by atoms with Crippen molar-refractivity contribution < 1.29 is 27.3 Å². The van der Waals surface area contributed by atoms with Crippen LogP contribution in [0.1, 0.15) is 46.0 Å². The van der Waals surface area contributed by atoms with Gasteiger partial charge in [-0.3, -0.25) is 4.55 Å². The molecule has 37 heavy (non-hydrogen) atoms. The Morgan fingerprint density at radius 2 is 1.46 bits per heavy atom. The number of nitrogens with zero attached hydrogens (tertiary/aromatic N) is 3. The molecule has 0 saturated carbocycles. The maximum atomic E-state index is 13.1. The molecular formula is C26H33N3O6SSe. The van der Waals surface area contributed by atoms with E-state index in [9.17, 15) is 18.0 Å². The van der Waals surface area contributed by atoms with Gasteiger partial charge >= 0.3 is 186 Å². The van der Waals surface area contributed by atoms with Gasteiger partial charge in [-0.2, -0.15) is 8.42 Å². The predicted molar refractivity (Wildman–Crippen MR) is 145 cm³/mol. The van der Waals surface area contributed by atoms with E-state index in [1.54, 1.807) is 28.0 Å². The summed E-state index contributed by atoms with van der Waals surface area (Å²) in [6, 6.07) is 7.36. The van der Waals surface area contributed by atoms with Crippen LogP contribution in [0, 0.1) is 0 Å². The second-order valence-corrected chi connectivity index (χ2v) is 11.1. The Morgan fingerprint density at radius 1 is 0.892 bits per heavy atom. The minimum absolute atomic E-state index is 0.0986. The van der Waals surface area contributed by atoms with E-state index in [0.717, 1.165) is 31.4 Å². The van der Waals surface area contributed by atoms with Crippen LogP contribution in [0.15, 0.2) is 60.0 Å². The standard InChI is InChI=1S/C26H33N3O6SSe/c1-3-5-16-28-24(30)20(25(31)29(26(28)37)17-6-4-2)12-7-10-15-23-27(18-11-19-36(32,33)34)21-13-8-9-14-22(21)35-23/h7-10,12-15H,3-6,11,16-19H2,1-2H3,(H,32,33,34)/b10-7+,23-15+. The Hall–Kier alpha value is -2.72. The molecule has 0 radical (unpaired) electrons. The predicted octanol–water partition coefficient (Wildman–Crippen LogP) is 3.01. The molecule has 2 amide bonds. The molecule has 0 aliphatic carbocycles. The first kappa shape index (κ1) is 28.8. The molecule has 0 unspecified atom stereocenters. The van der Waals surface area contributed by atoms with Gasteiger partial charge in [0.05, 0.1) is 5.75 Å². The van der Waals surface area contributed by atoms with Crippen LogP contribution < -0.4 is 9.64 Å². The van der Waals surface area contributed by atoms with Crippen molar-refractivity contribution in [2.24, 2.45) is 0 Å². The van der Waals surface area contributed by atoms with E-state index in [1.165, 1.54) is 6.08 Å². The summed E-state index contributed by atoms with van der Waals surface area (Å²) in [4.78, 5) is 31.4. The summed E-state index contributed by atoms with van der Waals surface area (Å²) >= 11 is 2.92. The Bertz CT molecular complexity index is 1190. The van der Waals surface area contributed by atoms with Gasteiger partial charge in [-0.25, -0.2) is 0 Å². The fourth-order valence-corrected chi connectivity index (χ4v) is 5.20. The van der Waals surface area contributed by atoms with E-state index in [4.69, 9.17) is 9.29 Å². The van der Waals surface area contributed by atoms with Crippen molar-refractivity contribution in [2.75, 3.05) is 30.3 Å². The zero-order chi connectivity index (χ0) is 27.0. The summed E-state index contributed by atoms with van der Waals surface area (Å²) in [6.07, 6.45) is 10.2. The number of amides is 2. The number of fused-ring (bicyclic) bond motifs is 1. The normalized spacial score (nSPS) is 17.3. The van der Waals surface area contributed by atoms with Gasteiger partial charge in [0.15, 0.2) is 0 Å². The maximum absolute atomic E-state index is 13.1. The average molecular weight is 595 g/mol. The van der Waals surface area contributed by atoms with Crippen molar-refractivity contribution in [3.8, 4) is 5.75 Å². The molecule has 2 aliphatic heterocycles. The summed E-state index contributed by atoms with van der Waals surface area (Å²) in [5.41, 5.74) is 0.885. The number of hydrogen-bond donors (Lipinski definition) is 1. The quantitative estimate of drug-likeness (QED) is 0.172. The third kappa shape index (κ3) is 7.41. The van der Waals surface area contributed by atoms with E-state index in [1.807, 2.05) is 29.2 Å². The number of rotatable bonds is 12. The number of benzene rings is 1. The van der Waals surface area contributed by atoms with Crippen molar-refractivity contribution >= 4 is 47.9 Å². The molecule has 1 aromatic rings. The molecule has 0 aromatic heterocycles. The number of para-hydroxylation sites is 2. The van der Waals surface area contributed by atoms with Gasteiger partial charge in [0, 0.05) is 0 Å². The Kier molecular flexibility index (Phi) is 10.3. The van der Waals surface area contributed by atoms with Crippen LogP contribution in [0.3, 0.4) is 0 Å². The van der Waals surface area contributed by atoms with E-state index in [0.29, 0.717) is 35.9 Å². The van der Waals surface area contributed by atoms with Crippen molar-refractivity contribution in [1.29, 1.82) is 0 Å². The molecule has 1 fully saturated rings. The van der Waals surface area contributed by atoms with E-state index >= 15 is 0 Å². The summed E-state index contributed by atoms with van der Waals surface area (Å²) in [6.45, 7) is 5.48. The molecule has 1 saturated heterocycles. The summed E-state index contributed by atoms with van der Waals surface area (Å²) in [5, 5.41) is 0. The second kappa shape index (κ2) is 13.2. The van der Waals surface area contributed by atoms with Crippen LogP contribution >= 0.6 is 0 Å². The number of anilines is 1. The van der Waals surface area contributed by atoms with Gasteiger partial charge in [-0.15, -0.1) is 0 Å².